The second-order valence-electron chi connectivity index (χ2n) is 4.44. The number of anilines is 1. The van der Waals surface area contributed by atoms with Crippen molar-refractivity contribution in [3.05, 3.63) is 23.8 Å². The van der Waals surface area contributed by atoms with Crippen LogP contribution >= 0.6 is 0 Å². The second kappa shape index (κ2) is 5.27. The van der Waals surface area contributed by atoms with Gasteiger partial charge in [0.1, 0.15) is 5.75 Å². The molecule has 2 unspecified atom stereocenters. The Kier molecular flexibility index (Phi) is 3.72. The van der Waals surface area contributed by atoms with Crippen molar-refractivity contribution in [3.8, 4) is 5.75 Å². The van der Waals surface area contributed by atoms with Crippen molar-refractivity contribution >= 4 is 11.6 Å². The largest absolute Gasteiger partial charge is 0.497 e. The van der Waals surface area contributed by atoms with Crippen LogP contribution in [0.4, 0.5) is 5.69 Å². The van der Waals surface area contributed by atoms with Crippen LogP contribution in [0.15, 0.2) is 18.2 Å². The van der Waals surface area contributed by atoms with Crippen molar-refractivity contribution in [2.75, 3.05) is 19.5 Å². The molecule has 0 aromatic heterocycles. The average Bonchev–Trinajstić information content (AvgIpc) is 2.74. The van der Waals surface area contributed by atoms with Crippen LogP contribution < -0.4 is 15.8 Å². The van der Waals surface area contributed by atoms with Crippen molar-refractivity contribution in [1.29, 1.82) is 0 Å². The van der Waals surface area contributed by atoms with Crippen molar-refractivity contribution in [3.63, 3.8) is 0 Å². The minimum Gasteiger partial charge on any atom is -0.497 e. The molecular formula is C13H18N2O3. The van der Waals surface area contributed by atoms with E-state index in [1.54, 1.807) is 25.3 Å². The fraction of sp³-hybridized carbons (Fsp3) is 0.462. The lowest BCUT2D eigenvalue weighted by atomic mass is 10.1. The van der Waals surface area contributed by atoms with E-state index in [0.717, 1.165) is 6.42 Å². The van der Waals surface area contributed by atoms with Crippen LogP contribution in [0, 0.1) is 0 Å². The summed E-state index contributed by atoms with van der Waals surface area (Å²) in [4.78, 5) is 12.1. The topological polar surface area (TPSA) is 73.6 Å². The summed E-state index contributed by atoms with van der Waals surface area (Å²) in [7, 11) is 1.54. The van der Waals surface area contributed by atoms with Crippen LogP contribution in [0.3, 0.4) is 0 Å². The van der Waals surface area contributed by atoms with Gasteiger partial charge in [0, 0.05) is 23.9 Å². The number of carbonyl (C=O) groups is 1. The summed E-state index contributed by atoms with van der Waals surface area (Å²) in [5.41, 5.74) is 6.74. The van der Waals surface area contributed by atoms with Crippen LogP contribution in [-0.2, 0) is 4.74 Å². The number of hydrogen-bond acceptors (Lipinski definition) is 4. The second-order valence-corrected chi connectivity index (χ2v) is 4.44. The zero-order valence-electron chi connectivity index (χ0n) is 10.6. The number of ether oxygens (including phenoxy) is 2. The number of nitrogens with one attached hydrogen (secondary N) is 1. The van der Waals surface area contributed by atoms with Gasteiger partial charge in [-0.3, -0.25) is 4.79 Å². The molecule has 1 amide bonds. The molecule has 1 aliphatic rings. The number of carbonyl (C=O) groups excluding carboxylic acids is 1. The van der Waals surface area contributed by atoms with E-state index in [-0.39, 0.29) is 18.1 Å². The number of rotatable bonds is 3. The molecule has 18 heavy (non-hydrogen) atoms. The van der Waals surface area contributed by atoms with Gasteiger partial charge in [-0.05, 0) is 25.5 Å². The van der Waals surface area contributed by atoms with E-state index in [0.29, 0.717) is 23.6 Å². The molecule has 1 aromatic carbocycles. The van der Waals surface area contributed by atoms with Crippen molar-refractivity contribution in [2.45, 2.75) is 25.5 Å². The predicted molar refractivity (Wildman–Crippen MR) is 68.7 cm³/mol. The third kappa shape index (κ3) is 2.73. The summed E-state index contributed by atoms with van der Waals surface area (Å²) in [6.45, 7) is 2.64. The highest BCUT2D eigenvalue weighted by Crippen LogP contribution is 2.19. The van der Waals surface area contributed by atoms with Crippen molar-refractivity contribution in [1.82, 2.24) is 5.32 Å². The third-order valence-electron chi connectivity index (χ3n) is 3.12. The Morgan fingerprint density at radius 3 is 2.89 bits per heavy atom. The van der Waals surface area contributed by atoms with Gasteiger partial charge in [-0.25, -0.2) is 0 Å². The number of benzene rings is 1. The lowest BCUT2D eigenvalue weighted by molar-refractivity contribution is 0.0866. The van der Waals surface area contributed by atoms with Gasteiger partial charge in [-0.1, -0.05) is 0 Å². The van der Waals surface area contributed by atoms with Crippen molar-refractivity contribution in [2.24, 2.45) is 0 Å². The molecule has 0 spiro atoms. The van der Waals surface area contributed by atoms with Gasteiger partial charge in [0.25, 0.3) is 5.91 Å². The predicted octanol–water partition coefficient (Wildman–Crippen LogP) is 1.18. The molecule has 98 valence electrons. The normalized spacial score (nSPS) is 22.8. The van der Waals surface area contributed by atoms with Crippen molar-refractivity contribution < 1.29 is 14.3 Å². The number of methoxy groups -OCH3 is 1. The maximum absolute atomic E-state index is 12.1. The Morgan fingerprint density at radius 1 is 1.50 bits per heavy atom. The lowest BCUT2D eigenvalue weighted by Crippen LogP contribution is -2.39. The molecule has 2 rings (SSSR count). The summed E-state index contributed by atoms with van der Waals surface area (Å²) < 4.78 is 10.5. The summed E-state index contributed by atoms with van der Waals surface area (Å²) in [6, 6.07) is 5.05. The van der Waals surface area contributed by atoms with Gasteiger partial charge in [0.2, 0.25) is 0 Å². The fourth-order valence-corrected chi connectivity index (χ4v) is 2.04. The molecule has 0 aliphatic carbocycles. The van der Waals surface area contributed by atoms with Gasteiger partial charge < -0.3 is 20.5 Å². The first kappa shape index (κ1) is 12.7. The van der Waals surface area contributed by atoms with E-state index in [1.165, 1.54) is 0 Å². The molecular weight excluding hydrogens is 232 g/mol. The van der Waals surface area contributed by atoms with E-state index < -0.39 is 0 Å². The SMILES string of the molecule is COc1cc(N)cc(C(=O)NC2CCOC2C)c1. The Labute approximate surface area is 106 Å². The van der Waals surface area contributed by atoms with E-state index >= 15 is 0 Å². The van der Waals surface area contributed by atoms with Crippen LogP contribution in [-0.4, -0.2) is 31.8 Å². The number of nitrogens with two attached hydrogens (primary N) is 1. The first-order chi connectivity index (χ1) is 8.60. The molecule has 3 N–H and O–H groups in total. The summed E-state index contributed by atoms with van der Waals surface area (Å²) in [5, 5.41) is 2.95. The van der Waals surface area contributed by atoms with Crippen LogP contribution in [0.5, 0.6) is 5.75 Å². The molecule has 1 saturated heterocycles. The molecule has 0 radical (unpaired) electrons. The quantitative estimate of drug-likeness (QED) is 0.790. The van der Waals surface area contributed by atoms with Gasteiger partial charge in [0.15, 0.2) is 0 Å². The Hall–Kier alpha value is -1.75. The average molecular weight is 250 g/mol. The zero-order chi connectivity index (χ0) is 13.1. The molecule has 1 heterocycles. The van der Waals surface area contributed by atoms with E-state index in [9.17, 15) is 4.79 Å². The van der Waals surface area contributed by atoms with Crippen LogP contribution in [0.1, 0.15) is 23.7 Å². The first-order valence-corrected chi connectivity index (χ1v) is 5.97. The lowest BCUT2D eigenvalue weighted by Gasteiger charge is -2.16. The number of amides is 1. The van der Waals surface area contributed by atoms with Crippen LogP contribution in [0.25, 0.3) is 0 Å². The standard InChI is InChI=1S/C13H18N2O3/c1-8-12(3-4-18-8)15-13(16)9-5-10(14)7-11(6-9)17-2/h5-8,12H,3-4,14H2,1-2H3,(H,15,16). The molecule has 5 nitrogen and oxygen atoms in total. The highest BCUT2D eigenvalue weighted by Gasteiger charge is 2.26. The summed E-state index contributed by atoms with van der Waals surface area (Å²) in [6.07, 6.45) is 0.892. The van der Waals surface area contributed by atoms with Crippen LogP contribution in [0.2, 0.25) is 0 Å². The maximum Gasteiger partial charge on any atom is 0.251 e. The van der Waals surface area contributed by atoms with Gasteiger partial charge in [-0.15, -0.1) is 0 Å². The monoisotopic (exact) mass is 250 g/mol. The van der Waals surface area contributed by atoms with E-state index in [1.807, 2.05) is 6.92 Å². The molecule has 2 atom stereocenters. The minimum absolute atomic E-state index is 0.0527. The molecule has 5 heteroatoms. The smallest absolute Gasteiger partial charge is 0.251 e. The van der Waals surface area contributed by atoms with Gasteiger partial charge in [0.05, 0.1) is 19.3 Å². The molecule has 0 saturated carbocycles. The Morgan fingerprint density at radius 2 is 2.28 bits per heavy atom. The molecule has 1 fully saturated rings. The van der Waals surface area contributed by atoms with E-state index in [2.05, 4.69) is 5.32 Å². The minimum atomic E-state index is -0.150. The van der Waals surface area contributed by atoms with Gasteiger partial charge in [-0.2, -0.15) is 0 Å². The molecule has 1 aromatic rings. The Balaban J connectivity index is 2.10. The van der Waals surface area contributed by atoms with E-state index in [4.69, 9.17) is 15.2 Å². The summed E-state index contributed by atoms with van der Waals surface area (Å²) >= 11 is 0. The Bertz CT molecular complexity index is 448. The molecule has 1 aliphatic heterocycles. The molecule has 0 bridgehead atoms. The number of nitrogen functional groups attached to an aromatic ring is 1. The fourth-order valence-electron chi connectivity index (χ4n) is 2.04. The highest BCUT2D eigenvalue weighted by atomic mass is 16.5. The summed E-state index contributed by atoms with van der Waals surface area (Å²) in [5.74, 6) is 0.429. The maximum atomic E-state index is 12.1. The zero-order valence-corrected chi connectivity index (χ0v) is 10.6. The first-order valence-electron chi connectivity index (χ1n) is 5.97. The third-order valence-corrected chi connectivity index (χ3v) is 3.12. The van der Waals surface area contributed by atoms with Gasteiger partial charge >= 0.3 is 0 Å². The number of hydrogen-bond donors (Lipinski definition) is 2. The highest BCUT2D eigenvalue weighted by molar-refractivity contribution is 5.95.